The van der Waals surface area contributed by atoms with Gasteiger partial charge >= 0.3 is 0 Å². The molecule has 0 aromatic heterocycles. The molecule has 6 atom stereocenters. The van der Waals surface area contributed by atoms with E-state index in [2.05, 4.69) is 24.3 Å². The highest BCUT2D eigenvalue weighted by molar-refractivity contribution is 5.52. The molecule has 19 heavy (non-hydrogen) atoms. The Labute approximate surface area is 114 Å². The fourth-order valence-corrected chi connectivity index (χ4v) is 5.07. The first-order chi connectivity index (χ1) is 9.24. The van der Waals surface area contributed by atoms with E-state index in [1.54, 1.807) is 0 Å². The first kappa shape index (κ1) is 11.9. The highest BCUT2D eigenvalue weighted by atomic mass is 16.3. The molecule has 0 amide bonds. The lowest BCUT2D eigenvalue weighted by Crippen LogP contribution is -2.46. The van der Waals surface area contributed by atoms with Gasteiger partial charge in [0.1, 0.15) is 0 Å². The van der Waals surface area contributed by atoms with Crippen LogP contribution >= 0.6 is 0 Å². The van der Waals surface area contributed by atoms with Crippen LogP contribution < -0.4 is 0 Å². The third-order valence-corrected chi connectivity index (χ3v) is 5.85. The molecule has 102 valence electrons. The SMILES string of the molecule is OC1CCC2C(CCC3C4=CC=CC4=CC(O)C32)C1. The molecule has 2 saturated carbocycles. The molecule has 4 rings (SSSR count). The van der Waals surface area contributed by atoms with Crippen LogP contribution in [0.3, 0.4) is 0 Å². The van der Waals surface area contributed by atoms with E-state index < -0.39 is 0 Å². The molecule has 2 N–H and O–H groups in total. The predicted molar refractivity (Wildman–Crippen MR) is 74.4 cm³/mol. The Morgan fingerprint density at radius 2 is 1.95 bits per heavy atom. The molecular weight excluding hydrogens is 236 g/mol. The van der Waals surface area contributed by atoms with Crippen molar-refractivity contribution in [2.45, 2.75) is 44.3 Å². The van der Waals surface area contributed by atoms with Crippen molar-refractivity contribution in [1.82, 2.24) is 0 Å². The Hall–Kier alpha value is -0.860. The van der Waals surface area contributed by atoms with Crippen molar-refractivity contribution >= 4 is 0 Å². The normalized spacial score (nSPS) is 47.9. The summed E-state index contributed by atoms with van der Waals surface area (Å²) in [7, 11) is 0. The van der Waals surface area contributed by atoms with E-state index in [4.69, 9.17) is 0 Å². The molecule has 0 heterocycles. The van der Waals surface area contributed by atoms with E-state index in [1.807, 2.05) is 0 Å². The topological polar surface area (TPSA) is 40.5 Å². The number of rotatable bonds is 0. The molecule has 4 aliphatic rings. The summed E-state index contributed by atoms with van der Waals surface area (Å²) < 4.78 is 0. The van der Waals surface area contributed by atoms with Gasteiger partial charge in [-0.1, -0.05) is 18.2 Å². The Kier molecular flexibility index (Phi) is 2.71. The van der Waals surface area contributed by atoms with Gasteiger partial charge in [-0.25, -0.2) is 0 Å². The zero-order chi connectivity index (χ0) is 13.0. The minimum atomic E-state index is -0.289. The van der Waals surface area contributed by atoms with E-state index in [0.29, 0.717) is 23.7 Å². The molecule has 0 aromatic rings. The van der Waals surface area contributed by atoms with Gasteiger partial charge < -0.3 is 10.2 Å². The Morgan fingerprint density at radius 1 is 1.05 bits per heavy atom. The van der Waals surface area contributed by atoms with Crippen molar-refractivity contribution < 1.29 is 10.2 Å². The fraction of sp³-hybridized carbons (Fsp3) is 0.647. The van der Waals surface area contributed by atoms with Crippen LogP contribution in [0, 0.1) is 23.7 Å². The van der Waals surface area contributed by atoms with Crippen LogP contribution in [0.1, 0.15) is 32.1 Å². The minimum absolute atomic E-state index is 0.100. The van der Waals surface area contributed by atoms with Gasteiger partial charge in [-0.2, -0.15) is 0 Å². The monoisotopic (exact) mass is 258 g/mol. The molecule has 6 unspecified atom stereocenters. The zero-order valence-corrected chi connectivity index (χ0v) is 11.2. The first-order valence-corrected chi connectivity index (χ1v) is 7.70. The molecule has 0 bridgehead atoms. The van der Waals surface area contributed by atoms with Crippen molar-refractivity contribution in [3.8, 4) is 0 Å². The lowest BCUT2D eigenvalue weighted by molar-refractivity contribution is -0.0362. The molecular formula is C17H22O2. The number of aliphatic hydroxyl groups excluding tert-OH is 2. The Morgan fingerprint density at radius 3 is 2.84 bits per heavy atom. The highest BCUT2D eigenvalue weighted by Gasteiger charge is 2.47. The molecule has 0 saturated heterocycles. The second-order valence-electron chi connectivity index (χ2n) is 6.75. The Bertz CT molecular complexity index is 474. The fourth-order valence-electron chi connectivity index (χ4n) is 5.07. The maximum absolute atomic E-state index is 10.6. The summed E-state index contributed by atoms with van der Waals surface area (Å²) in [5.74, 6) is 2.17. The quantitative estimate of drug-likeness (QED) is 0.701. The molecule has 4 aliphatic carbocycles. The first-order valence-electron chi connectivity index (χ1n) is 7.70. The molecule has 0 radical (unpaired) electrons. The number of allylic oxidation sites excluding steroid dienone is 5. The molecule has 0 aromatic carbocycles. The standard InChI is InChI=1S/C17H22O2/c18-12-5-7-14-11(8-12)4-6-15-13-3-1-2-10(13)9-16(19)17(14)15/h1-3,9,11-12,14-19H,4-8H2. The van der Waals surface area contributed by atoms with Crippen molar-refractivity contribution in [3.63, 3.8) is 0 Å². The van der Waals surface area contributed by atoms with Crippen LogP contribution in [0.25, 0.3) is 0 Å². The van der Waals surface area contributed by atoms with E-state index >= 15 is 0 Å². The van der Waals surface area contributed by atoms with Crippen LogP contribution in [0.4, 0.5) is 0 Å². The number of fused-ring (bicyclic) bond motifs is 5. The van der Waals surface area contributed by atoms with Gasteiger partial charge in [-0.3, -0.25) is 0 Å². The van der Waals surface area contributed by atoms with Crippen molar-refractivity contribution in [1.29, 1.82) is 0 Å². The second-order valence-corrected chi connectivity index (χ2v) is 6.75. The van der Waals surface area contributed by atoms with Crippen LogP contribution in [-0.2, 0) is 0 Å². The molecule has 2 heteroatoms. The zero-order valence-electron chi connectivity index (χ0n) is 11.2. The van der Waals surface area contributed by atoms with Gasteiger partial charge in [0.15, 0.2) is 0 Å². The van der Waals surface area contributed by atoms with Gasteiger partial charge in [0, 0.05) is 0 Å². The maximum Gasteiger partial charge on any atom is 0.0766 e. The van der Waals surface area contributed by atoms with Gasteiger partial charge in [0.25, 0.3) is 0 Å². The lowest BCUT2D eigenvalue weighted by Gasteiger charge is -2.50. The summed E-state index contributed by atoms with van der Waals surface area (Å²) in [4.78, 5) is 0. The average Bonchev–Trinajstić information content (AvgIpc) is 2.86. The van der Waals surface area contributed by atoms with E-state index in [1.165, 1.54) is 24.0 Å². The lowest BCUT2D eigenvalue weighted by atomic mass is 9.56. The van der Waals surface area contributed by atoms with Crippen LogP contribution in [0.5, 0.6) is 0 Å². The summed E-state index contributed by atoms with van der Waals surface area (Å²) in [6.45, 7) is 0. The van der Waals surface area contributed by atoms with Gasteiger partial charge in [0.2, 0.25) is 0 Å². The molecule has 2 nitrogen and oxygen atoms in total. The van der Waals surface area contributed by atoms with E-state index in [0.717, 1.165) is 19.3 Å². The van der Waals surface area contributed by atoms with Gasteiger partial charge in [0.05, 0.1) is 12.2 Å². The van der Waals surface area contributed by atoms with Crippen LogP contribution in [-0.4, -0.2) is 22.4 Å². The smallest absolute Gasteiger partial charge is 0.0766 e. The van der Waals surface area contributed by atoms with Gasteiger partial charge in [-0.05, 0) is 73.0 Å². The molecule has 0 aliphatic heterocycles. The third-order valence-electron chi connectivity index (χ3n) is 5.85. The third kappa shape index (κ3) is 1.77. The summed E-state index contributed by atoms with van der Waals surface area (Å²) >= 11 is 0. The predicted octanol–water partition coefficient (Wildman–Crippen LogP) is 2.59. The van der Waals surface area contributed by atoms with Crippen LogP contribution in [0.2, 0.25) is 0 Å². The minimum Gasteiger partial charge on any atom is -0.393 e. The van der Waals surface area contributed by atoms with Crippen molar-refractivity contribution in [2.24, 2.45) is 23.7 Å². The van der Waals surface area contributed by atoms with E-state index in [9.17, 15) is 10.2 Å². The number of hydrogen-bond acceptors (Lipinski definition) is 2. The second kappa shape index (κ2) is 4.32. The summed E-state index contributed by atoms with van der Waals surface area (Å²) in [6.07, 6.45) is 13.5. The highest BCUT2D eigenvalue weighted by Crippen LogP contribution is 2.53. The van der Waals surface area contributed by atoms with Crippen molar-refractivity contribution in [3.05, 3.63) is 35.5 Å². The average molecular weight is 258 g/mol. The Balaban J connectivity index is 1.67. The van der Waals surface area contributed by atoms with Gasteiger partial charge in [-0.15, -0.1) is 0 Å². The van der Waals surface area contributed by atoms with Crippen LogP contribution in [0.15, 0.2) is 35.5 Å². The summed E-state index contributed by atoms with van der Waals surface area (Å²) in [5.41, 5.74) is 2.71. The molecule has 2 fully saturated rings. The maximum atomic E-state index is 10.6. The molecule has 0 spiro atoms. The number of hydrogen-bond donors (Lipinski definition) is 2. The van der Waals surface area contributed by atoms with E-state index in [-0.39, 0.29) is 12.2 Å². The largest absolute Gasteiger partial charge is 0.393 e. The van der Waals surface area contributed by atoms with Crippen molar-refractivity contribution in [2.75, 3.05) is 0 Å². The summed E-state index contributed by atoms with van der Waals surface area (Å²) in [5, 5.41) is 20.4. The number of aliphatic hydroxyl groups is 2. The summed E-state index contributed by atoms with van der Waals surface area (Å²) in [6, 6.07) is 0.